The van der Waals surface area contributed by atoms with Crippen molar-refractivity contribution in [3.63, 3.8) is 0 Å². The first-order valence-corrected chi connectivity index (χ1v) is 11.0. The Morgan fingerprint density at radius 3 is 2.63 bits per heavy atom. The van der Waals surface area contributed by atoms with Gasteiger partial charge < -0.3 is 19.0 Å². The van der Waals surface area contributed by atoms with Gasteiger partial charge in [0.1, 0.15) is 29.2 Å². The molecule has 1 aliphatic heterocycles. The minimum atomic E-state index is -0.836. The van der Waals surface area contributed by atoms with Crippen molar-refractivity contribution in [2.24, 2.45) is 7.05 Å². The second-order valence-electron chi connectivity index (χ2n) is 8.30. The van der Waals surface area contributed by atoms with E-state index in [0.29, 0.717) is 24.1 Å². The number of aromatic nitrogens is 2. The second kappa shape index (κ2) is 9.53. The number of pyridine rings is 2. The summed E-state index contributed by atoms with van der Waals surface area (Å²) in [6.07, 6.45) is 0. The van der Waals surface area contributed by atoms with Gasteiger partial charge in [0.2, 0.25) is 5.52 Å². The highest BCUT2D eigenvalue weighted by molar-refractivity contribution is 5.95. The lowest BCUT2D eigenvalue weighted by Crippen LogP contribution is -2.57. The van der Waals surface area contributed by atoms with Crippen LogP contribution < -0.4 is 10.5 Å². The molecule has 3 heterocycles. The number of hydrogen-bond donors (Lipinski definition) is 0. The number of halogens is 1. The molecule has 4 rings (SSSR count). The largest absolute Gasteiger partial charge is 0.467 e. The van der Waals surface area contributed by atoms with Crippen LogP contribution in [0.25, 0.3) is 15.9 Å². The molecule has 10 heteroatoms. The van der Waals surface area contributed by atoms with E-state index in [4.69, 9.17) is 11.3 Å². The summed E-state index contributed by atoms with van der Waals surface area (Å²) in [6, 6.07) is 10.3. The van der Waals surface area contributed by atoms with Gasteiger partial charge in [0.25, 0.3) is 11.4 Å². The van der Waals surface area contributed by atoms with E-state index in [1.807, 2.05) is 13.0 Å². The van der Waals surface area contributed by atoms with Gasteiger partial charge in [0.05, 0.1) is 12.6 Å². The van der Waals surface area contributed by atoms with Gasteiger partial charge in [-0.25, -0.2) is 9.18 Å². The molecule has 1 fully saturated rings. The Morgan fingerprint density at radius 1 is 1.29 bits per heavy atom. The van der Waals surface area contributed by atoms with E-state index in [2.05, 4.69) is 14.7 Å². The molecule has 0 amide bonds. The Morgan fingerprint density at radius 2 is 2.00 bits per heavy atom. The average Bonchev–Trinajstić information content (AvgIpc) is 2.89. The van der Waals surface area contributed by atoms with Crippen molar-refractivity contribution in [3.05, 3.63) is 75.1 Å². The number of methoxy groups -OCH3 is 1. The number of piperazine rings is 1. The number of nitriles is 1. The summed E-state index contributed by atoms with van der Waals surface area (Å²) < 4.78 is 19.8. The van der Waals surface area contributed by atoms with Crippen LogP contribution in [0.5, 0.6) is 0 Å². The maximum atomic E-state index is 13.4. The standard InChI is InChI=1S/C25H23FN6O3/c1-15(16-5-7-17(26)8-6-16)31-11-12-32(20(14-31)25(34)35-4)23-18(13-27)24(33)30(3)19-9-10-21(28-2)29-22(19)23/h5-10,15,20H,11-12,14H2,1,3-4H3. The van der Waals surface area contributed by atoms with Crippen molar-refractivity contribution in [1.29, 1.82) is 5.26 Å². The Bertz CT molecular complexity index is 1440. The van der Waals surface area contributed by atoms with Crippen molar-refractivity contribution in [2.45, 2.75) is 19.0 Å². The zero-order chi connectivity index (χ0) is 25.3. The number of anilines is 1. The minimum Gasteiger partial charge on any atom is -0.467 e. The normalized spacial score (nSPS) is 17.0. The number of carbonyl (C=O) groups excluding carboxylic acids is 1. The third kappa shape index (κ3) is 4.20. The predicted molar refractivity (Wildman–Crippen MR) is 127 cm³/mol. The van der Waals surface area contributed by atoms with E-state index >= 15 is 0 Å². The van der Waals surface area contributed by atoms with Crippen molar-refractivity contribution < 1.29 is 13.9 Å². The number of nitrogens with zero attached hydrogens (tertiary/aromatic N) is 6. The van der Waals surface area contributed by atoms with Gasteiger partial charge in [-0.2, -0.15) is 5.26 Å². The number of esters is 1. The number of benzene rings is 1. The Labute approximate surface area is 201 Å². The van der Waals surface area contributed by atoms with Gasteiger partial charge in [-0.3, -0.25) is 9.69 Å². The van der Waals surface area contributed by atoms with Crippen molar-refractivity contribution in [3.8, 4) is 6.07 Å². The molecule has 3 aromatic rings. The number of hydrogen-bond acceptors (Lipinski definition) is 7. The highest BCUT2D eigenvalue weighted by Gasteiger charge is 2.38. The zero-order valence-corrected chi connectivity index (χ0v) is 19.5. The van der Waals surface area contributed by atoms with Gasteiger partial charge in [0, 0.05) is 32.7 Å². The first-order valence-electron chi connectivity index (χ1n) is 11.0. The third-order valence-electron chi connectivity index (χ3n) is 6.50. The van der Waals surface area contributed by atoms with E-state index in [1.165, 1.54) is 36.9 Å². The summed E-state index contributed by atoms with van der Waals surface area (Å²) in [5.41, 5.74) is 1.19. The molecule has 178 valence electrons. The Balaban J connectivity index is 1.83. The van der Waals surface area contributed by atoms with Gasteiger partial charge in [-0.05, 0) is 36.8 Å². The van der Waals surface area contributed by atoms with Gasteiger partial charge >= 0.3 is 5.97 Å². The summed E-state index contributed by atoms with van der Waals surface area (Å²) in [5, 5.41) is 9.90. The minimum absolute atomic E-state index is 0.111. The Kier molecular flexibility index (Phi) is 6.50. The van der Waals surface area contributed by atoms with Crippen molar-refractivity contribution in [1.82, 2.24) is 14.5 Å². The van der Waals surface area contributed by atoms with Crippen LogP contribution in [0.1, 0.15) is 24.1 Å². The van der Waals surface area contributed by atoms with Crippen molar-refractivity contribution in [2.75, 3.05) is 31.6 Å². The van der Waals surface area contributed by atoms with Crippen LogP contribution in [-0.4, -0.2) is 53.2 Å². The molecular weight excluding hydrogens is 451 g/mol. The highest BCUT2D eigenvalue weighted by Crippen LogP contribution is 2.33. The molecule has 0 saturated carbocycles. The molecule has 9 nitrogen and oxygen atoms in total. The number of aryl methyl sites for hydroxylation is 1. The van der Waals surface area contributed by atoms with E-state index in [9.17, 15) is 19.2 Å². The van der Waals surface area contributed by atoms with Gasteiger partial charge in [-0.15, -0.1) is 4.98 Å². The molecule has 1 aromatic carbocycles. The van der Waals surface area contributed by atoms with Crippen LogP contribution in [0.15, 0.2) is 41.2 Å². The monoisotopic (exact) mass is 474 g/mol. The fourth-order valence-electron chi connectivity index (χ4n) is 4.54. The first-order chi connectivity index (χ1) is 16.8. The molecular formula is C25H23FN6O3. The number of ether oxygens (including phenoxy) is 1. The SMILES string of the molecule is [C-]#[N+]c1ccc2c(n1)c(N1CCN(C(C)c3ccc(F)cc3)CC1C(=O)OC)c(C#N)c(=O)n2C. The summed E-state index contributed by atoms with van der Waals surface area (Å²) >= 11 is 0. The number of carbonyl (C=O) groups is 1. The molecule has 2 aromatic heterocycles. The van der Waals surface area contributed by atoms with Crippen LogP contribution >= 0.6 is 0 Å². The molecule has 0 spiro atoms. The smallest absolute Gasteiger partial charge is 0.329 e. The number of rotatable bonds is 4. The maximum Gasteiger partial charge on any atom is 0.329 e. The third-order valence-corrected chi connectivity index (χ3v) is 6.50. The molecule has 2 atom stereocenters. The molecule has 0 bridgehead atoms. The fraction of sp³-hybridized carbons (Fsp3) is 0.320. The summed E-state index contributed by atoms with van der Waals surface area (Å²) in [5.74, 6) is -0.745. The zero-order valence-electron chi connectivity index (χ0n) is 19.5. The van der Waals surface area contributed by atoms with Gasteiger partial charge in [-0.1, -0.05) is 18.7 Å². The quantitative estimate of drug-likeness (QED) is 0.424. The van der Waals surface area contributed by atoms with Gasteiger partial charge in [0.15, 0.2) is 0 Å². The molecule has 2 unspecified atom stereocenters. The van der Waals surface area contributed by atoms with E-state index < -0.39 is 17.6 Å². The fourth-order valence-corrected chi connectivity index (χ4v) is 4.54. The van der Waals surface area contributed by atoms with Crippen LogP contribution in [0, 0.1) is 23.7 Å². The predicted octanol–water partition coefficient (Wildman–Crippen LogP) is 2.92. The summed E-state index contributed by atoms with van der Waals surface area (Å²) in [6.45, 7) is 10.4. The first kappa shape index (κ1) is 23.9. The van der Waals surface area contributed by atoms with E-state index in [-0.39, 0.29) is 35.5 Å². The maximum absolute atomic E-state index is 13.4. The molecule has 0 N–H and O–H groups in total. The highest BCUT2D eigenvalue weighted by atomic mass is 19.1. The molecule has 0 radical (unpaired) electrons. The van der Waals surface area contributed by atoms with Crippen LogP contribution in [-0.2, 0) is 16.6 Å². The van der Waals surface area contributed by atoms with Crippen LogP contribution in [0.3, 0.4) is 0 Å². The molecule has 1 aliphatic rings. The van der Waals surface area contributed by atoms with E-state index in [1.54, 1.807) is 23.1 Å². The number of fused-ring (bicyclic) bond motifs is 1. The molecule has 35 heavy (non-hydrogen) atoms. The summed E-state index contributed by atoms with van der Waals surface area (Å²) in [4.78, 5) is 37.5. The lowest BCUT2D eigenvalue weighted by molar-refractivity contribution is -0.143. The second-order valence-corrected chi connectivity index (χ2v) is 8.30. The summed E-state index contributed by atoms with van der Waals surface area (Å²) in [7, 11) is 2.82. The lowest BCUT2D eigenvalue weighted by Gasteiger charge is -2.43. The Hall–Kier alpha value is -4.28. The van der Waals surface area contributed by atoms with Crippen molar-refractivity contribution >= 4 is 28.5 Å². The van der Waals surface area contributed by atoms with E-state index in [0.717, 1.165) is 5.56 Å². The average molecular weight is 474 g/mol. The topological polar surface area (TPSA) is 95.8 Å². The molecule has 1 saturated heterocycles. The lowest BCUT2D eigenvalue weighted by atomic mass is 10.0. The van der Waals surface area contributed by atoms with Crippen LogP contribution in [0.4, 0.5) is 15.9 Å². The molecule has 0 aliphatic carbocycles. The van der Waals surface area contributed by atoms with Crippen LogP contribution in [0.2, 0.25) is 0 Å².